The summed E-state index contributed by atoms with van der Waals surface area (Å²) in [7, 11) is 0. The van der Waals surface area contributed by atoms with E-state index in [1.807, 2.05) is 6.07 Å². The van der Waals surface area contributed by atoms with Gasteiger partial charge in [0.05, 0.1) is 0 Å². The van der Waals surface area contributed by atoms with Crippen LogP contribution in [0.1, 0.15) is 47.4 Å². The Morgan fingerprint density at radius 3 is 2.67 bits per heavy atom. The molecule has 1 aliphatic rings. The molecule has 0 amide bonds. The minimum Gasteiger partial charge on any atom is -0.508 e. The van der Waals surface area contributed by atoms with E-state index in [1.165, 1.54) is 6.92 Å². The molecule has 2 rings (SSSR count). The average molecular weight is 203 g/mol. The van der Waals surface area contributed by atoms with Crippen LogP contribution in [0.4, 0.5) is 0 Å². The lowest BCUT2D eigenvalue weighted by molar-refractivity contribution is 0.101. The lowest BCUT2D eigenvalue weighted by Crippen LogP contribution is -2.04. The van der Waals surface area contributed by atoms with E-state index in [-0.39, 0.29) is 11.5 Å². The maximum absolute atomic E-state index is 11.4. The van der Waals surface area contributed by atoms with Crippen molar-refractivity contribution < 1.29 is 9.90 Å². The molecule has 0 aliphatic heterocycles. The Hall–Kier alpha value is -1.64. The Balaban J connectivity index is 2.48. The van der Waals surface area contributed by atoms with Crippen molar-refractivity contribution in [2.24, 2.45) is 0 Å². The molecule has 1 N–H and O–H groups in total. The van der Waals surface area contributed by atoms with Crippen molar-refractivity contribution in [3.05, 3.63) is 35.7 Å². The smallest absolute Gasteiger partial charge is 0.178 e. The van der Waals surface area contributed by atoms with Crippen molar-refractivity contribution in [3.63, 3.8) is 0 Å². The molecule has 1 fully saturated rings. The molecule has 3 heteroatoms. The minimum absolute atomic E-state index is 0.102. The second-order valence-corrected chi connectivity index (χ2v) is 3.91. The van der Waals surface area contributed by atoms with Gasteiger partial charge in [0.15, 0.2) is 5.78 Å². The van der Waals surface area contributed by atoms with E-state index in [4.69, 9.17) is 0 Å². The van der Waals surface area contributed by atoms with Crippen molar-refractivity contribution in [2.45, 2.75) is 25.7 Å². The average Bonchev–Trinajstić information content (AvgIpc) is 2.99. The number of rotatable bonds is 3. The summed E-state index contributed by atoms with van der Waals surface area (Å²) in [5, 5.41) is 9.31. The number of carbonyl (C=O) groups excluding carboxylic acids is 1. The highest BCUT2D eigenvalue weighted by molar-refractivity contribution is 5.96. The van der Waals surface area contributed by atoms with Gasteiger partial charge >= 0.3 is 0 Å². The van der Waals surface area contributed by atoms with Gasteiger partial charge in [0.2, 0.25) is 0 Å². The summed E-state index contributed by atoms with van der Waals surface area (Å²) in [5.74, 6) is 0.266. The number of aliphatic hydroxyl groups excluding tert-OH is 1. The highest BCUT2D eigenvalue weighted by Gasteiger charge is 2.26. The third-order valence-electron chi connectivity index (χ3n) is 2.56. The maximum atomic E-state index is 11.4. The molecule has 15 heavy (non-hydrogen) atoms. The summed E-state index contributed by atoms with van der Waals surface area (Å²) in [4.78, 5) is 15.6. The van der Waals surface area contributed by atoms with Crippen LogP contribution in [0.2, 0.25) is 0 Å². The zero-order chi connectivity index (χ0) is 11.0. The highest BCUT2D eigenvalue weighted by Crippen LogP contribution is 2.39. The van der Waals surface area contributed by atoms with E-state index >= 15 is 0 Å². The number of pyridine rings is 1. The summed E-state index contributed by atoms with van der Waals surface area (Å²) >= 11 is 0. The molecule has 0 saturated heterocycles. The van der Waals surface area contributed by atoms with E-state index < -0.39 is 0 Å². The Labute approximate surface area is 88.5 Å². The first-order valence-corrected chi connectivity index (χ1v) is 4.99. The van der Waals surface area contributed by atoms with Crippen LogP contribution in [-0.2, 0) is 0 Å². The third kappa shape index (κ3) is 1.91. The molecule has 1 aromatic heterocycles. The molecular weight excluding hydrogens is 190 g/mol. The topological polar surface area (TPSA) is 50.2 Å². The Morgan fingerprint density at radius 1 is 1.53 bits per heavy atom. The SMILES string of the molecule is C=C(O)c1ccc(C2CC2)nc1C(C)=O. The molecule has 0 unspecified atom stereocenters. The molecule has 0 radical (unpaired) electrons. The van der Waals surface area contributed by atoms with Gasteiger partial charge in [-0.2, -0.15) is 0 Å². The quantitative estimate of drug-likeness (QED) is 0.607. The molecule has 1 aromatic rings. The number of aromatic nitrogens is 1. The molecule has 78 valence electrons. The van der Waals surface area contributed by atoms with Crippen LogP contribution in [-0.4, -0.2) is 15.9 Å². The fraction of sp³-hybridized carbons (Fsp3) is 0.333. The van der Waals surface area contributed by atoms with Gasteiger partial charge in [0, 0.05) is 24.1 Å². The van der Waals surface area contributed by atoms with Gasteiger partial charge in [-0.15, -0.1) is 0 Å². The van der Waals surface area contributed by atoms with Gasteiger partial charge in [-0.25, -0.2) is 4.98 Å². The molecule has 0 atom stereocenters. The molecule has 1 saturated carbocycles. The lowest BCUT2D eigenvalue weighted by Gasteiger charge is -2.06. The molecule has 0 bridgehead atoms. The van der Waals surface area contributed by atoms with Crippen molar-refractivity contribution in [1.29, 1.82) is 0 Å². The van der Waals surface area contributed by atoms with Crippen molar-refractivity contribution >= 4 is 11.5 Å². The van der Waals surface area contributed by atoms with Gasteiger partial charge in [-0.3, -0.25) is 4.79 Å². The second kappa shape index (κ2) is 3.50. The Morgan fingerprint density at radius 2 is 2.20 bits per heavy atom. The lowest BCUT2D eigenvalue weighted by atomic mass is 10.1. The number of hydrogen-bond acceptors (Lipinski definition) is 3. The Kier molecular flexibility index (Phi) is 2.31. The number of carbonyl (C=O) groups is 1. The van der Waals surface area contributed by atoms with Gasteiger partial charge in [0.1, 0.15) is 11.5 Å². The summed E-state index contributed by atoms with van der Waals surface area (Å²) in [6.07, 6.45) is 2.29. The van der Waals surface area contributed by atoms with Gasteiger partial charge in [-0.1, -0.05) is 6.58 Å². The largest absolute Gasteiger partial charge is 0.508 e. The minimum atomic E-state index is -0.136. The zero-order valence-electron chi connectivity index (χ0n) is 8.66. The molecule has 0 aromatic carbocycles. The first-order valence-electron chi connectivity index (χ1n) is 4.99. The first-order chi connectivity index (χ1) is 7.09. The van der Waals surface area contributed by atoms with Crippen LogP contribution >= 0.6 is 0 Å². The van der Waals surface area contributed by atoms with Crippen LogP contribution in [0, 0.1) is 0 Å². The van der Waals surface area contributed by atoms with Crippen molar-refractivity contribution in [3.8, 4) is 0 Å². The van der Waals surface area contributed by atoms with Gasteiger partial charge < -0.3 is 5.11 Å². The zero-order valence-corrected chi connectivity index (χ0v) is 8.66. The predicted octanol–water partition coefficient (Wildman–Crippen LogP) is 2.69. The van der Waals surface area contributed by atoms with Crippen LogP contribution < -0.4 is 0 Å². The maximum Gasteiger partial charge on any atom is 0.178 e. The number of nitrogens with zero attached hydrogens (tertiary/aromatic N) is 1. The first kappa shape index (κ1) is 9.90. The van der Waals surface area contributed by atoms with Crippen LogP contribution in [0.5, 0.6) is 0 Å². The normalized spacial score (nSPS) is 15.0. The van der Waals surface area contributed by atoms with E-state index in [2.05, 4.69) is 11.6 Å². The van der Waals surface area contributed by atoms with Crippen LogP contribution in [0.15, 0.2) is 18.7 Å². The fourth-order valence-electron chi connectivity index (χ4n) is 1.58. The summed E-state index contributed by atoms with van der Waals surface area (Å²) in [5.41, 5.74) is 1.71. The molecule has 3 nitrogen and oxygen atoms in total. The molecule has 0 spiro atoms. The number of hydrogen-bond donors (Lipinski definition) is 1. The monoisotopic (exact) mass is 203 g/mol. The third-order valence-corrected chi connectivity index (χ3v) is 2.56. The summed E-state index contributed by atoms with van der Waals surface area (Å²) in [6, 6.07) is 3.58. The van der Waals surface area contributed by atoms with E-state index in [9.17, 15) is 9.90 Å². The molecule has 1 aliphatic carbocycles. The van der Waals surface area contributed by atoms with Gasteiger partial charge in [-0.05, 0) is 25.0 Å². The van der Waals surface area contributed by atoms with E-state index in [1.54, 1.807) is 6.07 Å². The summed E-state index contributed by atoms with van der Waals surface area (Å²) < 4.78 is 0. The van der Waals surface area contributed by atoms with Crippen LogP contribution in [0.25, 0.3) is 5.76 Å². The summed E-state index contributed by atoms with van der Waals surface area (Å²) in [6.45, 7) is 4.87. The predicted molar refractivity (Wildman–Crippen MR) is 57.9 cm³/mol. The van der Waals surface area contributed by atoms with E-state index in [0.29, 0.717) is 17.2 Å². The molecular formula is C12H13NO2. The number of Topliss-reactive ketones (excluding diaryl/α,β-unsaturated/α-hetero) is 1. The van der Waals surface area contributed by atoms with Gasteiger partial charge in [0.25, 0.3) is 0 Å². The van der Waals surface area contributed by atoms with Crippen molar-refractivity contribution in [2.75, 3.05) is 0 Å². The fourth-order valence-corrected chi connectivity index (χ4v) is 1.58. The van der Waals surface area contributed by atoms with Crippen molar-refractivity contribution in [1.82, 2.24) is 4.98 Å². The Bertz CT molecular complexity index is 433. The number of ketones is 1. The van der Waals surface area contributed by atoms with E-state index in [0.717, 1.165) is 18.5 Å². The van der Waals surface area contributed by atoms with Crippen LogP contribution in [0.3, 0.4) is 0 Å². The number of aliphatic hydroxyl groups is 1. The second-order valence-electron chi connectivity index (χ2n) is 3.91. The highest BCUT2D eigenvalue weighted by atomic mass is 16.3. The standard InChI is InChI=1S/C12H13NO2/c1-7(14)10-5-6-11(9-3-4-9)13-12(10)8(2)15/h5-6,9,14H,1,3-4H2,2H3. The molecule has 1 heterocycles.